The van der Waals surface area contributed by atoms with Crippen molar-refractivity contribution in [2.45, 2.75) is 67.4 Å². The zero-order valence-corrected chi connectivity index (χ0v) is 29.4. The topological polar surface area (TPSA) is 96.0 Å². The number of nitrogens with zero attached hydrogens (tertiary/aromatic N) is 2. The fourth-order valence-electron chi connectivity index (χ4n) is 6.04. The Morgan fingerprint density at radius 3 is 2.20 bits per heavy atom. The number of amides is 2. The number of anilines is 1. The van der Waals surface area contributed by atoms with Crippen molar-refractivity contribution in [3.63, 3.8) is 0 Å². The molecule has 0 bridgehead atoms. The van der Waals surface area contributed by atoms with E-state index >= 15 is 0 Å². The molecule has 0 unspecified atom stereocenters. The molecule has 0 radical (unpaired) electrons. The molecule has 8 nitrogen and oxygen atoms in total. The number of halogens is 1. The quantitative estimate of drug-likeness (QED) is 0.136. The summed E-state index contributed by atoms with van der Waals surface area (Å²) in [6, 6.07) is 27.3. The van der Waals surface area contributed by atoms with E-state index in [2.05, 4.69) is 5.32 Å². The van der Waals surface area contributed by atoms with Crippen LogP contribution in [-0.2, 0) is 32.6 Å². The standard InChI is InChI=1S/C38H42FN3O5S2/c1-3-47-36-16-10-9-15-34(36)42(49(45,46)33-23-21-32(48-2)22-24-33)27-37(43)41(26-29-17-19-30(39)20-18-29)35(25-28-11-5-4-6-12-28)38(44)40-31-13-7-8-14-31/h4-6,9-12,15-24,31,35H,3,7-8,13-14,25-27H2,1-2H3,(H,40,44)/t35-/m0/s1. The second kappa shape index (κ2) is 16.8. The monoisotopic (exact) mass is 703 g/mol. The van der Waals surface area contributed by atoms with Gasteiger partial charge in [-0.3, -0.25) is 13.9 Å². The van der Waals surface area contributed by atoms with E-state index < -0.39 is 34.3 Å². The summed E-state index contributed by atoms with van der Waals surface area (Å²) in [6.45, 7) is 1.42. The molecular weight excluding hydrogens is 662 g/mol. The lowest BCUT2D eigenvalue weighted by atomic mass is 10.0. The molecule has 0 heterocycles. The number of benzene rings is 4. The van der Waals surface area contributed by atoms with Gasteiger partial charge in [-0.25, -0.2) is 12.8 Å². The van der Waals surface area contributed by atoms with E-state index in [0.29, 0.717) is 11.3 Å². The van der Waals surface area contributed by atoms with Crippen LogP contribution < -0.4 is 14.4 Å². The summed E-state index contributed by atoms with van der Waals surface area (Å²) in [5.41, 5.74) is 1.63. The SMILES string of the molecule is CCOc1ccccc1N(CC(=O)N(Cc1ccc(F)cc1)[C@@H](Cc1ccccc1)C(=O)NC1CCCC1)S(=O)(=O)c1ccc(SC)cc1. The molecule has 0 spiro atoms. The summed E-state index contributed by atoms with van der Waals surface area (Å²) in [4.78, 5) is 31.2. The minimum Gasteiger partial charge on any atom is -0.492 e. The van der Waals surface area contributed by atoms with Crippen molar-refractivity contribution in [1.29, 1.82) is 0 Å². The molecule has 2 amide bonds. The van der Waals surface area contributed by atoms with Gasteiger partial charge in [0, 0.05) is 23.9 Å². The van der Waals surface area contributed by atoms with Gasteiger partial charge >= 0.3 is 0 Å². The van der Waals surface area contributed by atoms with Gasteiger partial charge in [0.2, 0.25) is 11.8 Å². The van der Waals surface area contributed by atoms with Crippen molar-refractivity contribution in [2.75, 3.05) is 23.7 Å². The molecule has 4 aromatic rings. The summed E-state index contributed by atoms with van der Waals surface area (Å²) < 4.78 is 49.7. The Balaban J connectivity index is 1.59. The number of carbonyl (C=O) groups excluding carboxylic acids is 2. The van der Waals surface area contributed by atoms with Crippen molar-refractivity contribution >= 4 is 39.3 Å². The number of rotatable bonds is 15. The minimum atomic E-state index is -4.30. The van der Waals surface area contributed by atoms with E-state index in [1.807, 2.05) is 36.6 Å². The second-order valence-corrected chi connectivity index (χ2v) is 14.7. The molecule has 11 heteroatoms. The zero-order chi connectivity index (χ0) is 34.8. The predicted octanol–water partition coefficient (Wildman–Crippen LogP) is 6.84. The van der Waals surface area contributed by atoms with Gasteiger partial charge in [-0.15, -0.1) is 11.8 Å². The van der Waals surface area contributed by atoms with E-state index in [-0.39, 0.29) is 42.1 Å². The highest BCUT2D eigenvalue weighted by Crippen LogP contribution is 2.33. The third-order valence-electron chi connectivity index (χ3n) is 8.60. The van der Waals surface area contributed by atoms with Gasteiger partial charge in [0.15, 0.2) is 0 Å². The molecule has 0 aromatic heterocycles. The number of thioether (sulfide) groups is 1. The molecule has 5 rings (SSSR count). The van der Waals surface area contributed by atoms with Crippen molar-refractivity contribution < 1.29 is 27.1 Å². The first-order valence-corrected chi connectivity index (χ1v) is 19.1. The third kappa shape index (κ3) is 9.21. The van der Waals surface area contributed by atoms with Crippen molar-refractivity contribution in [3.8, 4) is 5.75 Å². The predicted molar refractivity (Wildman–Crippen MR) is 192 cm³/mol. The number of ether oxygens (including phenoxy) is 1. The van der Waals surface area contributed by atoms with Crippen molar-refractivity contribution in [1.82, 2.24) is 10.2 Å². The van der Waals surface area contributed by atoms with Gasteiger partial charge in [-0.2, -0.15) is 0 Å². The van der Waals surface area contributed by atoms with Crippen molar-refractivity contribution in [2.24, 2.45) is 0 Å². The highest BCUT2D eigenvalue weighted by Gasteiger charge is 2.36. The number of hydrogen-bond donors (Lipinski definition) is 1. The normalized spacial score (nSPS) is 13.9. The maximum absolute atomic E-state index is 14.7. The molecule has 0 saturated heterocycles. The van der Waals surface area contributed by atoms with Gasteiger partial charge in [-0.1, -0.05) is 67.4 Å². The lowest BCUT2D eigenvalue weighted by Crippen LogP contribution is -2.54. The zero-order valence-electron chi connectivity index (χ0n) is 27.8. The summed E-state index contributed by atoms with van der Waals surface area (Å²) in [5.74, 6) is -1.05. The molecule has 0 aliphatic heterocycles. The van der Waals surface area contributed by atoms with Gasteiger partial charge in [0.05, 0.1) is 17.2 Å². The number of para-hydroxylation sites is 2. The summed E-state index contributed by atoms with van der Waals surface area (Å²) >= 11 is 1.49. The van der Waals surface area contributed by atoms with Gasteiger partial charge in [-0.05, 0) is 85.7 Å². The average Bonchev–Trinajstić information content (AvgIpc) is 3.63. The van der Waals surface area contributed by atoms with Crippen LogP contribution in [0, 0.1) is 5.82 Å². The first-order chi connectivity index (χ1) is 23.7. The molecule has 1 aliphatic carbocycles. The maximum Gasteiger partial charge on any atom is 0.264 e. The fraction of sp³-hybridized carbons (Fsp3) is 0.316. The molecule has 49 heavy (non-hydrogen) atoms. The van der Waals surface area contributed by atoms with Crippen LogP contribution in [0.3, 0.4) is 0 Å². The first kappa shape index (κ1) is 35.9. The van der Waals surface area contributed by atoms with E-state index in [1.54, 1.807) is 55.5 Å². The molecule has 1 aliphatic rings. The summed E-state index contributed by atoms with van der Waals surface area (Å²) in [6.07, 6.45) is 5.82. The van der Waals surface area contributed by atoms with Crippen LogP contribution in [-0.4, -0.2) is 56.6 Å². The van der Waals surface area contributed by atoms with Crippen LogP contribution >= 0.6 is 11.8 Å². The highest BCUT2D eigenvalue weighted by atomic mass is 32.2. The van der Waals surface area contributed by atoms with Crippen LogP contribution in [0.5, 0.6) is 5.75 Å². The lowest BCUT2D eigenvalue weighted by molar-refractivity contribution is -0.140. The smallest absolute Gasteiger partial charge is 0.264 e. The molecule has 1 fully saturated rings. The Morgan fingerprint density at radius 2 is 1.55 bits per heavy atom. The third-order valence-corrected chi connectivity index (χ3v) is 11.1. The van der Waals surface area contributed by atoms with Crippen LogP contribution in [0.4, 0.5) is 10.1 Å². The lowest BCUT2D eigenvalue weighted by Gasteiger charge is -2.34. The molecule has 258 valence electrons. The van der Waals surface area contributed by atoms with Gasteiger partial charge in [0.1, 0.15) is 24.2 Å². The summed E-state index contributed by atoms with van der Waals surface area (Å²) in [7, 11) is -4.30. The largest absolute Gasteiger partial charge is 0.492 e. The molecule has 1 N–H and O–H groups in total. The number of carbonyl (C=O) groups is 2. The molecule has 1 saturated carbocycles. The fourth-order valence-corrected chi connectivity index (χ4v) is 7.87. The van der Waals surface area contributed by atoms with Crippen molar-refractivity contribution in [3.05, 3.63) is 120 Å². The van der Waals surface area contributed by atoms with E-state index in [1.165, 1.54) is 40.9 Å². The van der Waals surface area contributed by atoms with E-state index in [0.717, 1.165) is 40.4 Å². The second-order valence-electron chi connectivity index (χ2n) is 11.9. The Bertz CT molecular complexity index is 1800. The van der Waals surface area contributed by atoms with E-state index in [9.17, 15) is 22.4 Å². The van der Waals surface area contributed by atoms with Gasteiger partial charge in [0.25, 0.3) is 10.0 Å². The van der Waals surface area contributed by atoms with Crippen LogP contribution in [0.25, 0.3) is 0 Å². The van der Waals surface area contributed by atoms with Gasteiger partial charge < -0.3 is 15.0 Å². The number of nitrogens with one attached hydrogen (secondary N) is 1. The van der Waals surface area contributed by atoms with Crippen LogP contribution in [0.1, 0.15) is 43.7 Å². The minimum absolute atomic E-state index is 0.00671. The summed E-state index contributed by atoms with van der Waals surface area (Å²) in [5, 5.41) is 3.16. The molecular formula is C38H42FN3O5S2. The highest BCUT2D eigenvalue weighted by molar-refractivity contribution is 7.98. The first-order valence-electron chi connectivity index (χ1n) is 16.5. The molecule has 4 aromatic carbocycles. The molecule has 1 atom stereocenters. The average molecular weight is 704 g/mol. The number of sulfonamides is 1. The number of hydrogen-bond acceptors (Lipinski definition) is 6. The Morgan fingerprint density at radius 1 is 0.898 bits per heavy atom. The van der Waals surface area contributed by atoms with Crippen LogP contribution in [0.15, 0.2) is 113 Å². The van der Waals surface area contributed by atoms with E-state index in [4.69, 9.17) is 4.74 Å². The van der Waals surface area contributed by atoms with Crippen LogP contribution in [0.2, 0.25) is 0 Å². The Kier molecular flexibility index (Phi) is 12.4. The maximum atomic E-state index is 14.7. The Hall–Kier alpha value is -4.35. The Labute approximate surface area is 292 Å².